The number of anilines is 1. The molecular weight excluding hydrogens is 388 g/mol. The van der Waals surface area contributed by atoms with Crippen molar-refractivity contribution in [3.05, 3.63) is 70.3 Å². The van der Waals surface area contributed by atoms with Gasteiger partial charge in [-0.15, -0.1) is 5.11 Å². The number of nitro groups is 1. The fraction of sp³-hybridized carbons (Fsp3) is 0.360. The first-order chi connectivity index (χ1) is 15.0. The highest BCUT2D eigenvalue weighted by Crippen LogP contribution is 2.41. The van der Waals surface area contributed by atoms with E-state index >= 15 is 0 Å². The minimum atomic E-state index is -0.419. The number of nitrogens with one attached hydrogen (secondary N) is 1. The van der Waals surface area contributed by atoms with Crippen molar-refractivity contribution in [1.29, 1.82) is 0 Å². The van der Waals surface area contributed by atoms with Crippen molar-refractivity contribution in [2.24, 2.45) is 10.2 Å². The van der Waals surface area contributed by atoms with Gasteiger partial charge < -0.3 is 5.32 Å². The average molecular weight is 417 g/mol. The lowest BCUT2D eigenvalue weighted by Crippen LogP contribution is -2.39. The predicted molar refractivity (Wildman–Crippen MR) is 126 cm³/mol. The molecule has 0 fully saturated rings. The second-order valence-corrected chi connectivity index (χ2v) is 8.62. The highest BCUT2D eigenvalue weighted by molar-refractivity contribution is 6.03. The molecule has 0 aromatic heterocycles. The Kier molecular flexibility index (Phi) is 5.98. The lowest BCUT2D eigenvalue weighted by Gasteiger charge is -2.37. The second-order valence-electron chi connectivity index (χ2n) is 8.62. The zero-order chi connectivity index (χ0) is 21.8. The summed E-state index contributed by atoms with van der Waals surface area (Å²) < 4.78 is 0. The molecule has 0 bridgehead atoms. The van der Waals surface area contributed by atoms with Crippen molar-refractivity contribution in [3.63, 3.8) is 0 Å². The molecular formula is C25H28N4O2. The molecule has 3 aromatic rings. The van der Waals surface area contributed by atoms with Crippen molar-refractivity contribution >= 4 is 33.5 Å². The lowest BCUT2D eigenvalue weighted by atomic mass is 9.81. The van der Waals surface area contributed by atoms with Gasteiger partial charge in [0.15, 0.2) is 0 Å². The largest absolute Gasteiger partial charge is 0.379 e. The number of unbranched alkanes of at least 4 members (excludes halogenated alkanes) is 3. The van der Waals surface area contributed by atoms with E-state index in [4.69, 9.17) is 0 Å². The van der Waals surface area contributed by atoms with Gasteiger partial charge in [0, 0.05) is 34.1 Å². The van der Waals surface area contributed by atoms with E-state index in [1.807, 2.05) is 6.07 Å². The molecule has 3 aromatic carbocycles. The Bertz CT molecular complexity index is 1110. The molecule has 1 N–H and O–H groups in total. The van der Waals surface area contributed by atoms with E-state index < -0.39 is 4.92 Å². The highest BCUT2D eigenvalue weighted by Gasteiger charge is 2.30. The van der Waals surface area contributed by atoms with Gasteiger partial charge in [-0.2, -0.15) is 5.11 Å². The Morgan fingerprint density at radius 2 is 1.84 bits per heavy atom. The Morgan fingerprint density at radius 3 is 2.58 bits per heavy atom. The Hall–Kier alpha value is -3.28. The Balaban J connectivity index is 1.59. The minimum Gasteiger partial charge on any atom is -0.379 e. The number of rotatable bonds is 8. The summed E-state index contributed by atoms with van der Waals surface area (Å²) in [6.45, 7) is 4.57. The van der Waals surface area contributed by atoms with Crippen molar-refractivity contribution in [1.82, 2.24) is 0 Å². The van der Waals surface area contributed by atoms with E-state index in [1.165, 1.54) is 48.8 Å². The maximum atomic E-state index is 10.8. The zero-order valence-electron chi connectivity index (χ0n) is 18.1. The van der Waals surface area contributed by atoms with Gasteiger partial charge in [-0.05, 0) is 49.6 Å². The van der Waals surface area contributed by atoms with Crippen molar-refractivity contribution in [2.45, 2.75) is 57.9 Å². The third-order valence-corrected chi connectivity index (χ3v) is 6.04. The van der Waals surface area contributed by atoms with Gasteiger partial charge >= 0.3 is 0 Å². The summed E-state index contributed by atoms with van der Waals surface area (Å²) in [4.78, 5) is 10.4. The SMILES string of the molecule is CCCCCCC1(C)Cc2ccc(N=Nc3ccc([N+](=O)[O-])cc3)c3cccc(c23)N1. The van der Waals surface area contributed by atoms with Crippen LogP contribution in [0.1, 0.15) is 51.5 Å². The van der Waals surface area contributed by atoms with Crippen LogP contribution in [0.3, 0.4) is 0 Å². The fourth-order valence-electron chi connectivity index (χ4n) is 4.44. The molecule has 0 spiro atoms. The van der Waals surface area contributed by atoms with Crippen LogP contribution in [0.4, 0.5) is 22.7 Å². The number of benzene rings is 3. The molecule has 0 saturated heterocycles. The summed E-state index contributed by atoms with van der Waals surface area (Å²) in [6.07, 6.45) is 7.22. The molecule has 0 radical (unpaired) electrons. The monoisotopic (exact) mass is 416 g/mol. The number of non-ortho nitro benzene ring substituents is 1. The second kappa shape index (κ2) is 8.84. The van der Waals surface area contributed by atoms with Crippen LogP contribution in [0.2, 0.25) is 0 Å². The Morgan fingerprint density at radius 1 is 1.03 bits per heavy atom. The molecule has 0 aliphatic carbocycles. The van der Waals surface area contributed by atoms with Gasteiger partial charge in [-0.25, -0.2) is 0 Å². The fourth-order valence-corrected chi connectivity index (χ4v) is 4.44. The Labute approximate surface area is 182 Å². The molecule has 1 aliphatic rings. The third kappa shape index (κ3) is 4.58. The predicted octanol–water partition coefficient (Wildman–Crippen LogP) is 7.86. The van der Waals surface area contributed by atoms with Gasteiger partial charge in [0.25, 0.3) is 5.69 Å². The van der Waals surface area contributed by atoms with Crippen LogP contribution in [0.15, 0.2) is 64.8 Å². The van der Waals surface area contributed by atoms with Crippen LogP contribution < -0.4 is 5.32 Å². The number of hydrogen-bond acceptors (Lipinski definition) is 5. The number of hydrogen-bond donors (Lipinski definition) is 1. The summed E-state index contributed by atoms with van der Waals surface area (Å²) in [5, 5.41) is 25.7. The first kappa shape index (κ1) is 21.0. The van der Waals surface area contributed by atoms with Gasteiger partial charge in [-0.1, -0.05) is 50.8 Å². The van der Waals surface area contributed by atoms with E-state index in [0.29, 0.717) is 5.69 Å². The van der Waals surface area contributed by atoms with Crippen LogP contribution in [-0.4, -0.2) is 10.5 Å². The van der Waals surface area contributed by atoms with Gasteiger partial charge in [0.1, 0.15) is 0 Å². The molecule has 31 heavy (non-hydrogen) atoms. The van der Waals surface area contributed by atoms with E-state index in [1.54, 1.807) is 12.1 Å². The highest BCUT2D eigenvalue weighted by atomic mass is 16.6. The van der Waals surface area contributed by atoms with E-state index in [0.717, 1.165) is 29.6 Å². The summed E-state index contributed by atoms with van der Waals surface area (Å²) in [5.41, 5.74) is 4.00. The third-order valence-electron chi connectivity index (χ3n) is 6.04. The first-order valence-corrected chi connectivity index (χ1v) is 11.0. The van der Waals surface area contributed by atoms with Crippen molar-refractivity contribution in [2.75, 3.05) is 5.32 Å². The van der Waals surface area contributed by atoms with Gasteiger partial charge in [0.2, 0.25) is 0 Å². The molecule has 160 valence electrons. The molecule has 1 unspecified atom stereocenters. The van der Waals surface area contributed by atoms with Crippen LogP contribution in [0, 0.1) is 10.1 Å². The van der Waals surface area contributed by atoms with Crippen LogP contribution in [0.5, 0.6) is 0 Å². The molecule has 0 saturated carbocycles. The maximum Gasteiger partial charge on any atom is 0.269 e. The van der Waals surface area contributed by atoms with Gasteiger partial charge in [-0.3, -0.25) is 10.1 Å². The van der Waals surface area contributed by atoms with Crippen molar-refractivity contribution in [3.8, 4) is 0 Å². The molecule has 6 heteroatoms. The first-order valence-electron chi connectivity index (χ1n) is 11.0. The lowest BCUT2D eigenvalue weighted by molar-refractivity contribution is -0.384. The van der Waals surface area contributed by atoms with Crippen LogP contribution in [0.25, 0.3) is 10.8 Å². The zero-order valence-corrected chi connectivity index (χ0v) is 18.1. The summed E-state index contributed by atoms with van der Waals surface area (Å²) in [7, 11) is 0. The van der Waals surface area contributed by atoms with E-state index in [9.17, 15) is 10.1 Å². The minimum absolute atomic E-state index is 0.0457. The average Bonchev–Trinajstić information content (AvgIpc) is 2.76. The maximum absolute atomic E-state index is 10.8. The smallest absolute Gasteiger partial charge is 0.269 e. The molecule has 6 nitrogen and oxygen atoms in total. The van der Waals surface area contributed by atoms with E-state index in [-0.39, 0.29) is 11.2 Å². The van der Waals surface area contributed by atoms with Crippen LogP contribution in [-0.2, 0) is 6.42 Å². The topological polar surface area (TPSA) is 79.9 Å². The van der Waals surface area contributed by atoms with Gasteiger partial charge in [0.05, 0.1) is 16.3 Å². The quantitative estimate of drug-likeness (QED) is 0.176. The summed E-state index contributed by atoms with van der Waals surface area (Å²) in [6, 6.07) is 16.6. The van der Waals surface area contributed by atoms with E-state index in [2.05, 4.69) is 53.7 Å². The molecule has 1 heterocycles. The van der Waals surface area contributed by atoms with Crippen molar-refractivity contribution < 1.29 is 4.92 Å². The molecule has 0 amide bonds. The molecule has 1 aliphatic heterocycles. The standard InChI is InChI=1S/C25H28N4O2/c1-3-4-5-6-16-25(2)17-18-10-15-22(21-8-7-9-23(26-25)24(18)21)28-27-19-11-13-20(14-12-19)29(30)31/h7-15,26H,3-6,16-17H2,1-2H3. The molecule has 1 atom stereocenters. The molecule has 4 rings (SSSR count). The van der Waals surface area contributed by atoms with Crippen LogP contribution >= 0.6 is 0 Å². The summed E-state index contributed by atoms with van der Waals surface area (Å²) in [5.74, 6) is 0. The summed E-state index contributed by atoms with van der Waals surface area (Å²) >= 11 is 0. The normalized spacial score (nSPS) is 17.7. The number of azo groups is 1. The number of nitro benzene ring substituents is 1. The number of nitrogens with zero attached hydrogens (tertiary/aromatic N) is 3.